The Kier molecular flexibility index (Phi) is 5.07. The van der Waals surface area contributed by atoms with E-state index in [0.717, 1.165) is 8.87 Å². The standard InChI is InChI=1S/C11H17N3O6S/c1-12-6-8(10(17)14(3)11(12)18)7-13(2)21(19,20)5-4-9(15)16/h6H,4-5,7H2,1-3H3,(H,15,16). The van der Waals surface area contributed by atoms with Gasteiger partial charge in [0, 0.05) is 39.4 Å². The fourth-order valence-corrected chi connectivity index (χ4v) is 2.78. The van der Waals surface area contributed by atoms with E-state index in [9.17, 15) is 22.8 Å². The van der Waals surface area contributed by atoms with Gasteiger partial charge in [-0.2, -0.15) is 0 Å². The summed E-state index contributed by atoms with van der Waals surface area (Å²) in [6.07, 6.45) is 0.756. The molecule has 0 bridgehead atoms. The zero-order valence-corrected chi connectivity index (χ0v) is 12.8. The number of aryl methyl sites for hydroxylation is 1. The normalized spacial score (nSPS) is 11.8. The molecule has 0 amide bonds. The van der Waals surface area contributed by atoms with Crippen LogP contribution >= 0.6 is 0 Å². The van der Waals surface area contributed by atoms with Crippen molar-refractivity contribution in [3.63, 3.8) is 0 Å². The highest BCUT2D eigenvalue weighted by Crippen LogP contribution is 2.05. The maximum atomic E-state index is 11.9. The Hall–Kier alpha value is -1.94. The van der Waals surface area contributed by atoms with E-state index >= 15 is 0 Å². The predicted molar refractivity (Wildman–Crippen MR) is 74.4 cm³/mol. The quantitative estimate of drug-likeness (QED) is 0.669. The van der Waals surface area contributed by atoms with Gasteiger partial charge >= 0.3 is 11.7 Å². The van der Waals surface area contributed by atoms with Gasteiger partial charge in [0.2, 0.25) is 10.0 Å². The van der Waals surface area contributed by atoms with E-state index in [1.54, 1.807) is 0 Å². The summed E-state index contributed by atoms with van der Waals surface area (Å²) in [5.41, 5.74) is -0.973. The molecule has 0 unspecified atom stereocenters. The molecule has 0 aliphatic carbocycles. The summed E-state index contributed by atoms with van der Waals surface area (Å²) in [6, 6.07) is 0. The van der Waals surface area contributed by atoms with Crippen molar-refractivity contribution in [1.82, 2.24) is 13.4 Å². The number of hydrogen-bond acceptors (Lipinski definition) is 5. The van der Waals surface area contributed by atoms with Crippen molar-refractivity contribution in [2.45, 2.75) is 13.0 Å². The Morgan fingerprint density at radius 2 is 1.90 bits per heavy atom. The zero-order valence-electron chi connectivity index (χ0n) is 11.9. The molecule has 9 nitrogen and oxygen atoms in total. The molecule has 1 aromatic rings. The largest absolute Gasteiger partial charge is 0.481 e. The van der Waals surface area contributed by atoms with E-state index in [1.807, 2.05) is 0 Å². The first-order valence-electron chi connectivity index (χ1n) is 5.97. The number of hydrogen-bond donors (Lipinski definition) is 1. The third-order valence-electron chi connectivity index (χ3n) is 2.96. The predicted octanol–water partition coefficient (Wildman–Crippen LogP) is -1.68. The number of aromatic nitrogens is 2. The van der Waals surface area contributed by atoms with Crippen LogP contribution in [0.2, 0.25) is 0 Å². The first kappa shape index (κ1) is 17.1. The van der Waals surface area contributed by atoms with Crippen LogP contribution in [0.5, 0.6) is 0 Å². The second kappa shape index (κ2) is 6.22. The molecule has 0 aliphatic heterocycles. The van der Waals surface area contributed by atoms with Gasteiger partial charge in [0.25, 0.3) is 5.56 Å². The van der Waals surface area contributed by atoms with Crippen LogP contribution in [0.15, 0.2) is 15.8 Å². The molecule has 0 atom stereocenters. The molecule has 1 N–H and O–H groups in total. The average molecular weight is 319 g/mol. The summed E-state index contributed by atoms with van der Waals surface area (Å²) in [6.45, 7) is -0.233. The molecule has 21 heavy (non-hydrogen) atoms. The van der Waals surface area contributed by atoms with Gasteiger partial charge in [-0.3, -0.25) is 14.2 Å². The lowest BCUT2D eigenvalue weighted by Gasteiger charge is -2.17. The average Bonchev–Trinajstić information content (AvgIpc) is 2.40. The van der Waals surface area contributed by atoms with Crippen LogP contribution in [-0.4, -0.2) is 45.7 Å². The van der Waals surface area contributed by atoms with Gasteiger partial charge in [-0.1, -0.05) is 0 Å². The number of rotatable bonds is 6. The van der Waals surface area contributed by atoms with E-state index in [4.69, 9.17) is 5.11 Å². The van der Waals surface area contributed by atoms with Crippen LogP contribution < -0.4 is 11.2 Å². The molecular formula is C11H17N3O6S. The van der Waals surface area contributed by atoms with E-state index in [-0.39, 0.29) is 12.1 Å². The lowest BCUT2D eigenvalue weighted by Crippen LogP contribution is -2.40. The summed E-state index contributed by atoms with van der Waals surface area (Å²) < 4.78 is 26.7. The molecule has 0 aromatic carbocycles. The van der Waals surface area contributed by atoms with Crippen molar-refractivity contribution in [1.29, 1.82) is 0 Å². The first-order chi connectivity index (χ1) is 9.56. The lowest BCUT2D eigenvalue weighted by molar-refractivity contribution is -0.136. The number of carboxylic acids is 1. The Morgan fingerprint density at radius 3 is 2.43 bits per heavy atom. The first-order valence-corrected chi connectivity index (χ1v) is 7.58. The van der Waals surface area contributed by atoms with Crippen molar-refractivity contribution in [3.8, 4) is 0 Å². The van der Waals surface area contributed by atoms with Crippen LogP contribution in [0.4, 0.5) is 0 Å². The summed E-state index contributed by atoms with van der Waals surface area (Å²) in [5, 5.41) is 8.52. The van der Waals surface area contributed by atoms with E-state index < -0.39 is 39.4 Å². The van der Waals surface area contributed by atoms with Crippen molar-refractivity contribution in [2.75, 3.05) is 12.8 Å². The molecule has 0 saturated heterocycles. The highest BCUT2D eigenvalue weighted by atomic mass is 32.2. The minimum atomic E-state index is -3.79. The fraction of sp³-hybridized carbons (Fsp3) is 0.545. The third kappa shape index (κ3) is 4.02. The second-order valence-electron chi connectivity index (χ2n) is 4.63. The molecule has 0 saturated carbocycles. The van der Waals surface area contributed by atoms with Gasteiger partial charge in [-0.25, -0.2) is 17.5 Å². The molecule has 10 heteroatoms. The molecule has 1 heterocycles. The zero-order chi connectivity index (χ0) is 16.4. The number of carboxylic acid groups (broad SMARTS) is 1. The van der Waals surface area contributed by atoms with Gasteiger partial charge in [0.05, 0.1) is 12.2 Å². The summed E-state index contributed by atoms with van der Waals surface area (Å²) in [4.78, 5) is 33.9. The van der Waals surface area contributed by atoms with Crippen LogP contribution in [0.1, 0.15) is 12.0 Å². The van der Waals surface area contributed by atoms with Crippen molar-refractivity contribution in [2.24, 2.45) is 14.1 Å². The summed E-state index contributed by atoms with van der Waals surface area (Å²) in [5.74, 6) is -1.77. The third-order valence-corrected chi connectivity index (χ3v) is 4.76. The maximum Gasteiger partial charge on any atom is 0.330 e. The minimum Gasteiger partial charge on any atom is -0.481 e. The molecule has 0 radical (unpaired) electrons. The van der Waals surface area contributed by atoms with Crippen molar-refractivity contribution >= 4 is 16.0 Å². The van der Waals surface area contributed by atoms with Gasteiger partial charge < -0.3 is 9.67 Å². The molecular weight excluding hydrogens is 302 g/mol. The number of carbonyl (C=O) groups is 1. The van der Waals surface area contributed by atoms with E-state index in [1.165, 1.54) is 31.9 Å². The molecule has 118 valence electrons. The molecule has 1 rings (SSSR count). The Bertz CT molecular complexity index is 761. The Labute approximate surface area is 121 Å². The van der Waals surface area contributed by atoms with Gasteiger partial charge in [0.1, 0.15) is 0 Å². The number of sulfonamides is 1. The maximum absolute atomic E-state index is 11.9. The topological polar surface area (TPSA) is 119 Å². The van der Waals surface area contributed by atoms with Crippen LogP contribution in [0, 0.1) is 0 Å². The highest BCUT2D eigenvalue weighted by molar-refractivity contribution is 7.89. The Morgan fingerprint density at radius 1 is 1.33 bits per heavy atom. The number of nitrogens with zero attached hydrogens (tertiary/aromatic N) is 3. The van der Waals surface area contributed by atoms with E-state index in [0.29, 0.717) is 0 Å². The lowest BCUT2D eigenvalue weighted by atomic mass is 10.3. The van der Waals surface area contributed by atoms with Gasteiger partial charge in [-0.15, -0.1) is 0 Å². The second-order valence-corrected chi connectivity index (χ2v) is 6.82. The smallest absolute Gasteiger partial charge is 0.330 e. The SMILES string of the molecule is CN(Cc1cn(C)c(=O)n(C)c1=O)S(=O)(=O)CCC(=O)O. The van der Waals surface area contributed by atoms with Gasteiger partial charge in [-0.05, 0) is 0 Å². The monoisotopic (exact) mass is 319 g/mol. The summed E-state index contributed by atoms with van der Waals surface area (Å²) in [7, 11) is 0.210. The fourth-order valence-electron chi connectivity index (χ4n) is 1.70. The van der Waals surface area contributed by atoms with Crippen molar-refractivity contribution in [3.05, 3.63) is 32.6 Å². The van der Waals surface area contributed by atoms with Crippen LogP contribution in [0.25, 0.3) is 0 Å². The number of aliphatic carboxylic acids is 1. The van der Waals surface area contributed by atoms with Crippen LogP contribution in [0.3, 0.4) is 0 Å². The Balaban J connectivity index is 3.04. The molecule has 0 spiro atoms. The van der Waals surface area contributed by atoms with Gasteiger partial charge in [0.15, 0.2) is 0 Å². The van der Waals surface area contributed by atoms with Crippen LogP contribution in [-0.2, 0) is 35.5 Å². The summed E-state index contributed by atoms with van der Waals surface area (Å²) >= 11 is 0. The van der Waals surface area contributed by atoms with Crippen molar-refractivity contribution < 1.29 is 18.3 Å². The molecule has 1 aromatic heterocycles. The molecule has 0 aliphatic rings. The molecule has 0 fully saturated rings. The highest BCUT2D eigenvalue weighted by Gasteiger charge is 2.21. The minimum absolute atomic E-state index is 0.126. The van der Waals surface area contributed by atoms with E-state index in [2.05, 4.69) is 0 Å².